The Morgan fingerprint density at radius 2 is 1.18 bits per heavy atom. The Hall–Kier alpha value is -1.60. The molecule has 0 aromatic carbocycles. The number of nitrogens with two attached hydrogens (primary N) is 2. The molecule has 3 atom stereocenters. The van der Waals surface area contributed by atoms with E-state index in [0.717, 1.165) is 44.9 Å². The van der Waals surface area contributed by atoms with Crippen molar-refractivity contribution in [3.05, 3.63) is 6.15 Å². The van der Waals surface area contributed by atoms with E-state index in [1.807, 2.05) is 0 Å². The summed E-state index contributed by atoms with van der Waals surface area (Å²) in [6.07, 6.45) is 19.5. The Balaban J connectivity index is -0.0000110. The Morgan fingerprint density at radius 3 is 1.61 bits per heavy atom. The van der Waals surface area contributed by atoms with Gasteiger partial charge in [-0.25, -0.2) is 0 Å². The van der Waals surface area contributed by atoms with Gasteiger partial charge >= 0.3 is 11.9 Å². The van der Waals surface area contributed by atoms with Gasteiger partial charge in [0.25, 0.3) is 0 Å². The van der Waals surface area contributed by atoms with E-state index in [1.54, 1.807) is 6.92 Å². The van der Waals surface area contributed by atoms with Crippen LogP contribution in [0.1, 0.15) is 162 Å². The monoisotopic (exact) mass is 774 g/mol. The van der Waals surface area contributed by atoms with Gasteiger partial charge in [0.15, 0.2) is 5.78 Å². The van der Waals surface area contributed by atoms with Gasteiger partial charge in [-0.1, -0.05) is 89.9 Å². The van der Waals surface area contributed by atoms with Crippen molar-refractivity contribution in [2.24, 2.45) is 11.7 Å². The minimum atomic E-state index is -1.07. The summed E-state index contributed by atoms with van der Waals surface area (Å²) in [5.74, 6) is -3.26. The quantitative estimate of drug-likeness (QED) is 0.0342. The molecule has 8 N–H and O–H groups in total. The number of nitrogens with one attached hydrogen (secondary N) is 2. The minimum Gasteiger partial charge on any atom is -0.693 e. The van der Waals surface area contributed by atoms with E-state index in [1.165, 1.54) is 57.8 Å². The number of ketones is 2. The van der Waals surface area contributed by atoms with Crippen LogP contribution in [0.15, 0.2) is 0 Å². The maximum Gasteiger partial charge on any atom is 0.306 e. The molecule has 0 aromatic rings. The van der Waals surface area contributed by atoms with Crippen molar-refractivity contribution in [2.75, 3.05) is 13.1 Å². The van der Waals surface area contributed by atoms with Crippen LogP contribution in [0, 0.1) is 5.92 Å². The Kier molecular flexibility index (Phi) is 36.6. The van der Waals surface area contributed by atoms with E-state index in [0.29, 0.717) is 32.2 Å². The molecule has 0 rings (SSSR count). The molecule has 0 saturated carbocycles. The smallest absolute Gasteiger partial charge is 0.306 e. The third-order valence-corrected chi connectivity index (χ3v) is 8.55. The van der Waals surface area contributed by atoms with Crippen LogP contribution in [0.2, 0.25) is 0 Å². The molecule has 0 aromatic heterocycles. The molecule has 0 saturated heterocycles. The summed E-state index contributed by atoms with van der Waals surface area (Å²) in [6, 6.07) is -1.43. The van der Waals surface area contributed by atoms with Gasteiger partial charge in [-0.2, -0.15) is 0 Å². The fourth-order valence-electron chi connectivity index (χ4n) is 5.45. The molecule has 0 spiro atoms. The van der Waals surface area contributed by atoms with Crippen LogP contribution < -0.4 is 16.4 Å². The molecule has 49 heavy (non-hydrogen) atoms. The number of carbonyl (C=O) groups is 6. The van der Waals surface area contributed by atoms with Crippen molar-refractivity contribution in [2.45, 2.75) is 173 Å². The van der Waals surface area contributed by atoms with Crippen molar-refractivity contribution in [1.82, 2.24) is 10.6 Å². The molecule has 0 heterocycles. The average Bonchev–Trinajstić information content (AvgIpc) is 3.02. The number of aliphatic carboxylic acids is 2. The number of rotatable bonds is 35. The van der Waals surface area contributed by atoms with Crippen LogP contribution in [0.4, 0.5) is 0 Å². The standard InChI is InChI=1S/C36H65N3O8.H2N.Y/c1-29(37)33(42)27-39-31(28-40)20-18-19-25-38-34(43)24-23-30(36(46)47)26-32(41)21-16-14-12-10-8-6-4-2-3-5-7-9-11-13-15-17-22-35(44)45;;/h28-31,39H,2-27,37H2,1H3,(H,38,43)(H,44,45)(H,46,47);1H2;/q;-1;/t29-,30+,31-;;/m0../s1/i28T;;. The molecule has 1 amide bonds. The normalized spacial score (nSPS) is 12.8. The maximum atomic E-state index is 12.4. The fraction of sp³-hybridized carbons (Fsp3) is 0.833. The molecule has 0 aliphatic rings. The molecular weight excluding hydrogens is 705 g/mol. The zero-order chi connectivity index (χ0) is 36.0. The van der Waals surface area contributed by atoms with Crippen LogP contribution in [0.5, 0.6) is 0 Å². The second-order valence-corrected chi connectivity index (χ2v) is 13.0. The Morgan fingerprint density at radius 1 is 0.714 bits per heavy atom. The van der Waals surface area contributed by atoms with Crippen LogP contribution in [-0.4, -0.2) is 71.1 Å². The van der Waals surface area contributed by atoms with E-state index in [2.05, 4.69) is 10.6 Å². The maximum absolute atomic E-state index is 12.4. The second kappa shape index (κ2) is 36.2. The fourth-order valence-corrected chi connectivity index (χ4v) is 5.45. The van der Waals surface area contributed by atoms with Crippen LogP contribution in [0.3, 0.4) is 0 Å². The number of hydrogen-bond acceptors (Lipinski definition) is 8. The molecule has 0 fully saturated rings. The summed E-state index contributed by atoms with van der Waals surface area (Å²) < 4.78 is 7.35. The van der Waals surface area contributed by atoms with Crippen molar-refractivity contribution in [1.29, 1.82) is 0 Å². The molecule has 13 heteroatoms. The Labute approximate surface area is 321 Å². The number of Topliss-reactive ketones (excluding diaryl/α,β-unsaturated/α-hetero) is 2. The number of unbranched alkanes of at least 4 members (excludes halogenated alkanes) is 16. The van der Waals surface area contributed by atoms with Gasteiger partial charge in [-0.05, 0) is 45.4 Å². The van der Waals surface area contributed by atoms with E-state index in [9.17, 15) is 33.9 Å². The van der Waals surface area contributed by atoms with Crippen molar-refractivity contribution in [3.8, 4) is 0 Å². The first-order chi connectivity index (χ1) is 22.9. The predicted octanol–water partition coefficient (Wildman–Crippen LogP) is 6.61. The third-order valence-electron chi connectivity index (χ3n) is 8.55. The van der Waals surface area contributed by atoms with Crippen molar-refractivity contribution >= 4 is 35.7 Å². The van der Waals surface area contributed by atoms with Gasteiger partial charge in [0.05, 0.1) is 24.5 Å². The average molecular weight is 775 g/mol. The summed E-state index contributed by atoms with van der Waals surface area (Å²) in [6.45, 7) is 1.81. The number of hydrogen-bond donors (Lipinski definition) is 5. The zero-order valence-corrected chi connectivity index (χ0v) is 33.0. The molecule has 0 bridgehead atoms. The molecular formula is C36H67N4O8Y-. The van der Waals surface area contributed by atoms with Crippen LogP contribution >= 0.6 is 0 Å². The van der Waals surface area contributed by atoms with E-state index < -0.39 is 36.2 Å². The number of carbonyl (C=O) groups excluding carboxylic acids is 4. The van der Waals surface area contributed by atoms with Gasteiger partial charge in [-0.3, -0.25) is 24.0 Å². The van der Waals surface area contributed by atoms with Crippen molar-refractivity contribution in [3.63, 3.8) is 0 Å². The van der Waals surface area contributed by atoms with Gasteiger partial charge in [0.1, 0.15) is 13.4 Å². The van der Waals surface area contributed by atoms with Crippen molar-refractivity contribution < 1.29 is 73.1 Å². The molecule has 0 aliphatic heterocycles. The third kappa shape index (κ3) is 34.6. The number of amides is 1. The first kappa shape index (κ1) is 49.5. The van der Waals surface area contributed by atoms with Gasteiger partial charge < -0.3 is 37.5 Å². The van der Waals surface area contributed by atoms with Gasteiger partial charge in [0, 0.05) is 64.9 Å². The van der Waals surface area contributed by atoms with Crippen LogP contribution in [0.25, 0.3) is 6.15 Å². The molecule has 0 aliphatic carbocycles. The van der Waals surface area contributed by atoms with E-state index in [-0.39, 0.29) is 88.6 Å². The first-order valence-electron chi connectivity index (χ1n) is 18.7. The molecule has 1 radical (unpaired) electrons. The predicted molar refractivity (Wildman–Crippen MR) is 189 cm³/mol. The number of carboxylic acid groups (broad SMARTS) is 2. The SMILES string of the molecule is [3H]C(=O)[C@H](CCCCNC(=O)CC[C@H](CC(=O)CCCCCCCCCCCCCCCCCCC(=O)O)C(=O)O)NCC(=O)[C@H](C)N.[NH2-].[Y]. The summed E-state index contributed by atoms with van der Waals surface area (Å²) in [7, 11) is 0. The summed E-state index contributed by atoms with van der Waals surface area (Å²) in [4.78, 5) is 69.9. The summed E-state index contributed by atoms with van der Waals surface area (Å²) >= 11 is 0. The number of aldehydes is 1. The zero-order valence-electron chi connectivity index (χ0n) is 31.2. The molecule has 0 unspecified atom stereocenters. The van der Waals surface area contributed by atoms with E-state index >= 15 is 0 Å². The summed E-state index contributed by atoms with van der Waals surface area (Å²) in [5, 5.41) is 23.7. The molecule has 12 nitrogen and oxygen atoms in total. The minimum absolute atomic E-state index is 0. The largest absolute Gasteiger partial charge is 0.693 e. The van der Waals surface area contributed by atoms with E-state index in [4.69, 9.17) is 12.2 Å². The van der Waals surface area contributed by atoms with Crippen LogP contribution in [-0.2, 0) is 61.5 Å². The van der Waals surface area contributed by atoms with Gasteiger partial charge in [0.2, 0.25) is 5.91 Å². The number of carboxylic acids is 2. The Bertz CT molecular complexity index is 942. The molecule has 283 valence electrons. The second-order valence-electron chi connectivity index (χ2n) is 13.0. The topological polar surface area (TPSA) is 226 Å². The van der Waals surface area contributed by atoms with Gasteiger partial charge in [-0.15, -0.1) is 0 Å². The first-order valence-corrected chi connectivity index (χ1v) is 18.2. The summed E-state index contributed by atoms with van der Waals surface area (Å²) in [5.41, 5.74) is 5.50.